The summed E-state index contributed by atoms with van der Waals surface area (Å²) in [5.41, 5.74) is 1.18. The van der Waals surface area contributed by atoms with Gasteiger partial charge in [0, 0.05) is 24.9 Å². The maximum absolute atomic E-state index is 12.0. The number of ether oxygens (including phenoxy) is 1. The second-order valence-electron chi connectivity index (χ2n) is 5.94. The lowest BCUT2D eigenvalue weighted by atomic mass is 10.1. The predicted octanol–water partition coefficient (Wildman–Crippen LogP) is 2.97. The smallest absolute Gasteiger partial charge is 0.303 e. The number of hydrogen-bond donors (Lipinski definition) is 2. The lowest BCUT2D eigenvalue weighted by Crippen LogP contribution is -2.23. The van der Waals surface area contributed by atoms with Gasteiger partial charge in [-0.05, 0) is 24.1 Å². The highest BCUT2D eigenvalue weighted by molar-refractivity contribution is 5.92. The molecule has 0 saturated heterocycles. The van der Waals surface area contributed by atoms with Gasteiger partial charge in [-0.25, -0.2) is 0 Å². The lowest BCUT2D eigenvalue weighted by molar-refractivity contribution is -0.137. The molecule has 0 bridgehead atoms. The van der Waals surface area contributed by atoms with Crippen molar-refractivity contribution in [2.75, 3.05) is 6.61 Å². The third-order valence-electron chi connectivity index (χ3n) is 3.51. The number of carbonyl (C=O) groups is 2. The van der Waals surface area contributed by atoms with Crippen LogP contribution in [0.15, 0.2) is 34.9 Å². The molecular formula is C18H22N2O5. The Morgan fingerprint density at radius 3 is 2.60 bits per heavy atom. The fourth-order valence-electron chi connectivity index (χ4n) is 2.06. The molecule has 2 N–H and O–H groups in total. The number of benzene rings is 1. The first-order valence-corrected chi connectivity index (χ1v) is 8.14. The summed E-state index contributed by atoms with van der Waals surface area (Å²) in [5.74, 6) is 0.400. The summed E-state index contributed by atoms with van der Waals surface area (Å²) in [6.07, 6.45) is 0.549. The Morgan fingerprint density at radius 1 is 1.28 bits per heavy atom. The van der Waals surface area contributed by atoms with Crippen LogP contribution in [-0.2, 0) is 11.3 Å². The van der Waals surface area contributed by atoms with E-state index in [-0.39, 0.29) is 23.9 Å². The summed E-state index contributed by atoms with van der Waals surface area (Å²) >= 11 is 0. The number of hydrogen-bond acceptors (Lipinski definition) is 5. The summed E-state index contributed by atoms with van der Waals surface area (Å²) < 4.78 is 10.6. The lowest BCUT2D eigenvalue weighted by Gasteiger charge is -2.07. The number of nitrogens with one attached hydrogen (secondary N) is 1. The van der Waals surface area contributed by atoms with Crippen molar-refractivity contribution in [1.82, 2.24) is 10.5 Å². The molecule has 0 aliphatic carbocycles. The van der Waals surface area contributed by atoms with Gasteiger partial charge in [0.05, 0.1) is 6.61 Å². The van der Waals surface area contributed by atoms with Gasteiger partial charge in [-0.2, -0.15) is 0 Å². The molecule has 7 heteroatoms. The van der Waals surface area contributed by atoms with Crippen LogP contribution in [-0.4, -0.2) is 28.7 Å². The molecular weight excluding hydrogens is 324 g/mol. The van der Waals surface area contributed by atoms with E-state index in [4.69, 9.17) is 14.4 Å². The Balaban J connectivity index is 1.78. The van der Waals surface area contributed by atoms with Crippen molar-refractivity contribution >= 4 is 11.9 Å². The van der Waals surface area contributed by atoms with Crippen molar-refractivity contribution in [3.8, 4) is 5.75 Å². The molecule has 0 fully saturated rings. The quantitative estimate of drug-likeness (QED) is 0.677. The van der Waals surface area contributed by atoms with Crippen LogP contribution >= 0.6 is 0 Å². The average Bonchev–Trinajstić information content (AvgIpc) is 3.08. The molecule has 1 aromatic heterocycles. The number of nitrogens with zero attached hydrogens (tertiary/aromatic N) is 1. The summed E-state index contributed by atoms with van der Waals surface area (Å²) in [4.78, 5) is 22.5. The number of carbonyl (C=O) groups excluding carboxylic acids is 1. The Bertz CT molecular complexity index is 707. The minimum atomic E-state index is -0.831. The van der Waals surface area contributed by atoms with Crippen LogP contribution in [0.25, 0.3) is 0 Å². The van der Waals surface area contributed by atoms with E-state index in [0.717, 1.165) is 5.56 Å². The third kappa shape index (κ3) is 5.95. The van der Waals surface area contributed by atoms with Crippen molar-refractivity contribution < 1.29 is 24.0 Å². The van der Waals surface area contributed by atoms with Gasteiger partial charge < -0.3 is 19.7 Å². The average molecular weight is 346 g/mol. The second kappa shape index (κ2) is 8.86. The highest BCUT2D eigenvalue weighted by Crippen LogP contribution is 2.15. The minimum absolute atomic E-state index is 0.0880. The summed E-state index contributed by atoms with van der Waals surface area (Å²) in [5, 5.41) is 15.1. The molecule has 1 aromatic carbocycles. The van der Waals surface area contributed by atoms with E-state index in [2.05, 4.69) is 10.5 Å². The van der Waals surface area contributed by atoms with Crippen LogP contribution in [0.3, 0.4) is 0 Å². The molecule has 2 rings (SSSR count). The van der Waals surface area contributed by atoms with Gasteiger partial charge in [0.2, 0.25) is 0 Å². The van der Waals surface area contributed by atoms with Gasteiger partial charge in [-0.3, -0.25) is 9.59 Å². The van der Waals surface area contributed by atoms with Crippen LogP contribution in [0.5, 0.6) is 5.75 Å². The Kier molecular flexibility index (Phi) is 6.56. The van der Waals surface area contributed by atoms with Gasteiger partial charge in [0.15, 0.2) is 5.69 Å². The molecule has 0 unspecified atom stereocenters. The summed E-state index contributed by atoms with van der Waals surface area (Å²) in [6.45, 7) is 4.65. The molecule has 0 saturated carbocycles. The minimum Gasteiger partial charge on any atom is -0.494 e. The van der Waals surface area contributed by atoms with Gasteiger partial charge in [-0.15, -0.1) is 0 Å². The number of aliphatic carboxylic acids is 1. The van der Waals surface area contributed by atoms with E-state index >= 15 is 0 Å². The molecule has 1 heterocycles. The number of amides is 1. The molecule has 0 spiro atoms. The standard InChI is InChI=1S/C18H22N2O5/c1-12(2)16-10-15(20-25-16)18(23)19-11-13-5-7-14(8-6-13)24-9-3-4-17(21)22/h5-8,10,12H,3-4,9,11H2,1-2H3,(H,19,23)(H,21,22). The van der Waals surface area contributed by atoms with Crippen LogP contribution in [0.2, 0.25) is 0 Å². The van der Waals surface area contributed by atoms with E-state index in [1.54, 1.807) is 18.2 Å². The molecule has 134 valence electrons. The van der Waals surface area contributed by atoms with Crippen LogP contribution < -0.4 is 10.1 Å². The van der Waals surface area contributed by atoms with E-state index < -0.39 is 5.97 Å². The molecule has 1 amide bonds. The molecule has 0 atom stereocenters. The first-order chi connectivity index (χ1) is 12.0. The molecule has 0 radical (unpaired) electrons. The van der Waals surface area contributed by atoms with E-state index in [1.807, 2.05) is 26.0 Å². The number of aromatic nitrogens is 1. The van der Waals surface area contributed by atoms with Crippen molar-refractivity contribution in [1.29, 1.82) is 0 Å². The number of carboxylic acid groups (broad SMARTS) is 1. The largest absolute Gasteiger partial charge is 0.494 e. The zero-order valence-electron chi connectivity index (χ0n) is 14.3. The highest BCUT2D eigenvalue weighted by atomic mass is 16.5. The Labute approximate surface area is 146 Å². The van der Waals surface area contributed by atoms with Crippen LogP contribution in [0.4, 0.5) is 0 Å². The Morgan fingerprint density at radius 2 is 2.00 bits per heavy atom. The van der Waals surface area contributed by atoms with Crippen molar-refractivity contribution in [3.63, 3.8) is 0 Å². The summed E-state index contributed by atoms with van der Waals surface area (Å²) in [6, 6.07) is 8.91. The fourth-order valence-corrected chi connectivity index (χ4v) is 2.06. The fraction of sp³-hybridized carbons (Fsp3) is 0.389. The maximum atomic E-state index is 12.0. The zero-order valence-corrected chi connectivity index (χ0v) is 14.3. The van der Waals surface area contributed by atoms with Crippen molar-refractivity contribution in [2.24, 2.45) is 0 Å². The molecule has 2 aromatic rings. The normalized spacial score (nSPS) is 10.7. The van der Waals surface area contributed by atoms with Gasteiger partial charge in [-0.1, -0.05) is 31.1 Å². The predicted molar refractivity (Wildman–Crippen MR) is 90.6 cm³/mol. The van der Waals surface area contributed by atoms with Gasteiger partial charge >= 0.3 is 5.97 Å². The number of rotatable bonds is 9. The van der Waals surface area contributed by atoms with Crippen LogP contribution in [0.1, 0.15) is 54.4 Å². The van der Waals surface area contributed by atoms with E-state index in [9.17, 15) is 9.59 Å². The van der Waals surface area contributed by atoms with E-state index in [1.165, 1.54) is 0 Å². The molecule has 7 nitrogen and oxygen atoms in total. The molecule has 25 heavy (non-hydrogen) atoms. The Hall–Kier alpha value is -2.83. The summed E-state index contributed by atoms with van der Waals surface area (Å²) in [7, 11) is 0. The second-order valence-corrected chi connectivity index (χ2v) is 5.94. The number of carboxylic acids is 1. The van der Waals surface area contributed by atoms with Crippen LogP contribution in [0, 0.1) is 0 Å². The monoisotopic (exact) mass is 346 g/mol. The van der Waals surface area contributed by atoms with Gasteiger partial charge in [0.1, 0.15) is 11.5 Å². The van der Waals surface area contributed by atoms with Crippen molar-refractivity contribution in [2.45, 2.75) is 39.2 Å². The maximum Gasteiger partial charge on any atom is 0.303 e. The third-order valence-corrected chi connectivity index (χ3v) is 3.51. The molecule has 0 aliphatic rings. The van der Waals surface area contributed by atoms with Crippen molar-refractivity contribution in [3.05, 3.63) is 47.3 Å². The van der Waals surface area contributed by atoms with E-state index in [0.29, 0.717) is 31.1 Å². The SMILES string of the molecule is CC(C)c1cc(C(=O)NCc2ccc(OCCCC(=O)O)cc2)no1. The molecule has 0 aliphatic heterocycles. The zero-order chi connectivity index (χ0) is 18.2. The van der Waals surface area contributed by atoms with Gasteiger partial charge in [0.25, 0.3) is 5.91 Å². The first-order valence-electron chi connectivity index (χ1n) is 8.14. The highest BCUT2D eigenvalue weighted by Gasteiger charge is 2.14. The first kappa shape index (κ1) is 18.5. The topological polar surface area (TPSA) is 102 Å².